The predicted octanol–water partition coefficient (Wildman–Crippen LogP) is 6.21. The Morgan fingerprint density at radius 3 is 2.38 bits per heavy atom. The van der Waals surface area contributed by atoms with Crippen LogP contribution in [0.3, 0.4) is 0 Å². The van der Waals surface area contributed by atoms with Crippen LogP contribution in [-0.2, 0) is 0 Å². The second-order valence-electron chi connectivity index (χ2n) is 6.25. The molecule has 132 valence electrons. The van der Waals surface area contributed by atoms with Gasteiger partial charge in [0, 0.05) is 22.7 Å². The second kappa shape index (κ2) is 8.15. The maximum atomic E-state index is 13.3. The Morgan fingerprint density at radius 1 is 1.04 bits per heavy atom. The van der Waals surface area contributed by atoms with Gasteiger partial charge in [-0.2, -0.15) is 0 Å². The number of aryl methyl sites for hydroxylation is 1. The summed E-state index contributed by atoms with van der Waals surface area (Å²) in [5.74, 6) is -0.303. The number of hydrogen-bond acceptors (Lipinski definition) is 2. The molecule has 0 amide bonds. The zero-order valence-corrected chi connectivity index (χ0v) is 15.1. The van der Waals surface area contributed by atoms with Gasteiger partial charge >= 0.3 is 0 Å². The maximum Gasteiger partial charge on any atom is 0.165 e. The Kier molecular flexibility index (Phi) is 5.69. The molecule has 2 nitrogen and oxygen atoms in total. The minimum Gasteiger partial charge on any atom is -0.378 e. The van der Waals surface area contributed by atoms with Gasteiger partial charge in [-0.25, -0.2) is 4.39 Å². The Morgan fingerprint density at radius 2 is 1.73 bits per heavy atom. The molecular formula is C22H19ClFNO. The molecule has 0 aliphatic carbocycles. The lowest BCUT2D eigenvalue weighted by atomic mass is 9.97. The van der Waals surface area contributed by atoms with Crippen LogP contribution in [0.1, 0.15) is 33.9 Å². The number of anilines is 1. The summed E-state index contributed by atoms with van der Waals surface area (Å²) >= 11 is 5.90. The molecular weight excluding hydrogens is 349 g/mol. The van der Waals surface area contributed by atoms with Crippen molar-refractivity contribution in [1.82, 2.24) is 0 Å². The smallest absolute Gasteiger partial charge is 0.165 e. The van der Waals surface area contributed by atoms with Crippen LogP contribution in [-0.4, -0.2) is 5.78 Å². The molecule has 0 aromatic heterocycles. The van der Waals surface area contributed by atoms with Crippen LogP contribution in [0.2, 0.25) is 5.02 Å². The monoisotopic (exact) mass is 367 g/mol. The van der Waals surface area contributed by atoms with Crippen LogP contribution in [0.25, 0.3) is 0 Å². The normalized spacial score (nSPS) is 11.8. The summed E-state index contributed by atoms with van der Waals surface area (Å²) < 4.78 is 13.3. The van der Waals surface area contributed by atoms with Crippen molar-refractivity contribution in [2.24, 2.45) is 0 Å². The topological polar surface area (TPSA) is 29.1 Å². The van der Waals surface area contributed by atoms with E-state index in [0.29, 0.717) is 10.6 Å². The van der Waals surface area contributed by atoms with Gasteiger partial charge in [0.2, 0.25) is 0 Å². The van der Waals surface area contributed by atoms with E-state index in [1.54, 1.807) is 36.4 Å². The number of rotatable bonds is 6. The zero-order chi connectivity index (χ0) is 18.5. The van der Waals surface area contributed by atoms with E-state index in [0.717, 1.165) is 16.8 Å². The lowest BCUT2D eigenvalue weighted by Gasteiger charge is -2.20. The van der Waals surface area contributed by atoms with E-state index in [4.69, 9.17) is 11.6 Å². The molecule has 0 bridgehead atoms. The highest BCUT2D eigenvalue weighted by Gasteiger charge is 2.17. The van der Waals surface area contributed by atoms with Crippen LogP contribution < -0.4 is 5.32 Å². The molecule has 0 heterocycles. The molecule has 0 spiro atoms. The second-order valence-corrected chi connectivity index (χ2v) is 6.69. The van der Waals surface area contributed by atoms with Crippen LogP contribution in [0.15, 0.2) is 72.8 Å². The van der Waals surface area contributed by atoms with E-state index in [1.807, 2.05) is 31.2 Å². The van der Waals surface area contributed by atoms with Crippen LogP contribution in [0, 0.1) is 12.7 Å². The first-order chi connectivity index (χ1) is 12.5. The third-order valence-corrected chi connectivity index (χ3v) is 4.44. The van der Waals surface area contributed by atoms with Crippen molar-refractivity contribution in [3.8, 4) is 0 Å². The number of Topliss-reactive ketones (excluding diaryl/α,β-unsaturated/α-hetero) is 1. The highest BCUT2D eigenvalue weighted by atomic mass is 35.5. The van der Waals surface area contributed by atoms with Crippen molar-refractivity contribution in [3.05, 3.63) is 100 Å². The van der Waals surface area contributed by atoms with Crippen molar-refractivity contribution in [2.45, 2.75) is 19.4 Å². The van der Waals surface area contributed by atoms with Gasteiger partial charge in [-0.15, -0.1) is 0 Å². The van der Waals surface area contributed by atoms with Crippen LogP contribution in [0.4, 0.5) is 10.1 Å². The standard InChI is InChI=1S/C22H19ClFNO/c1-15-3-2-4-20(13-15)25-21(16-7-11-19(24)12-8-16)14-22(26)17-5-9-18(23)10-6-17/h2-13,21,25H,14H2,1H3/t21-/m0/s1. The summed E-state index contributed by atoms with van der Waals surface area (Å²) in [5.41, 5.74) is 3.50. The number of carbonyl (C=O) groups is 1. The lowest BCUT2D eigenvalue weighted by Crippen LogP contribution is -2.16. The Hall–Kier alpha value is -2.65. The van der Waals surface area contributed by atoms with Gasteiger partial charge in [-0.1, -0.05) is 35.9 Å². The van der Waals surface area contributed by atoms with Crippen molar-refractivity contribution in [2.75, 3.05) is 5.32 Å². The van der Waals surface area contributed by atoms with Crippen molar-refractivity contribution >= 4 is 23.1 Å². The van der Waals surface area contributed by atoms with E-state index in [-0.39, 0.29) is 24.1 Å². The third kappa shape index (κ3) is 4.70. The molecule has 1 atom stereocenters. The number of nitrogens with one attached hydrogen (secondary N) is 1. The number of hydrogen-bond donors (Lipinski definition) is 1. The first-order valence-electron chi connectivity index (χ1n) is 8.39. The fraction of sp³-hybridized carbons (Fsp3) is 0.136. The summed E-state index contributed by atoms with van der Waals surface area (Å²) in [5, 5.41) is 3.99. The summed E-state index contributed by atoms with van der Waals surface area (Å²) in [6, 6.07) is 20.8. The van der Waals surface area contributed by atoms with Gasteiger partial charge < -0.3 is 5.32 Å². The first kappa shape index (κ1) is 18.2. The van der Waals surface area contributed by atoms with E-state index in [1.165, 1.54) is 12.1 Å². The molecule has 3 rings (SSSR count). The Bertz CT molecular complexity index is 891. The first-order valence-corrected chi connectivity index (χ1v) is 8.76. The zero-order valence-electron chi connectivity index (χ0n) is 14.4. The summed E-state index contributed by atoms with van der Waals surface area (Å²) in [6.45, 7) is 2.01. The van der Waals surface area contributed by atoms with Crippen LogP contribution in [0.5, 0.6) is 0 Å². The fourth-order valence-electron chi connectivity index (χ4n) is 2.82. The SMILES string of the molecule is Cc1cccc(N[C@@H](CC(=O)c2ccc(Cl)cc2)c2ccc(F)cc2)c1. The van der Waals surface area contributed by atoms with Gasteiger partial charge in [0.05, 0.1) is 6.04 Å². The minimum atomic E-state index is -0.299. The van der Waals surface area contributed by atoms with E-state index in [2.05, 4.69) is 5.32 Å². The maximum absolute atomic E-state index is 13.3. The van der Waals surface area contributed by atoms with Gasteiger partial charge in [-0.3, -0.25) is 4.79 Å². The summed E-state index contributed by atoms with van der Waals surface area (Å²) in [7, 11) is 0. The molecule has 0 saturated heterocycles. The number of benzene rings is 3. The molecule has 0 fully saturated rings. The third-order valence-electron chi connectivity index (χ3n) is 4.19. The molecule has 0 aliphatic heterocycles. The highest BCUT2D eigenvalue weighted by molar-refractivity contribution is 6.30. The number of halogens is 2. The largest absolute Gasteiger partial charge is 0.378 e. The number of ketones is 1. The molecule has 0 radical (unpaired) electrons. The molecule has 3 aromatic rings. The van der Waals surface area contributed by atoms with E-state index < -0.39 is 0 Å². The quantitative estimate of drug-likeness (QED) is 0.524. The Labute approximate surface area is 157 Å². The van der Waals surface area contributed by atoms with E-state index in [9.17, 15) is 9.18 Å². The lowest BCUT2D eigenvalue weighted by molar-refractivity contribution is 0.0976. The van der Waals surface area contributed by atoms with Crippen molar-refractivity contribution in [1.29, 1.82) is 0 Å². The predicted molar refractivity (Wildman–Crippen MR) is 104 cm³/mol. The van der Waals surface area contributed by atoms with Crippen molar-refractivity contribution in [3.63, 3.8) is 0 Å². The van der Waals surface area contributed by atoms with Gasteiger partial charge in [-0.05, 0) is 66.6 Å². The molecule has 1 N–H and O–H groups in total. The molecule has 26 heavy (non-hydrogen) atoms. The Balaban J connectivity index is 1.85. The van der Waals surface area contributed by atoms with E-state index >= 15 is 0 Å². The summed E-state index contributed by atoms with van der Waals surface area (Å²) in [6.07, 6.45) is 0.251. The highest BCUT2D eigenvalue weighted by Crippen LogP contribution is 2.25. The molecule has 0 saturated carbocycles. The average Bonchev–Trinajstić information content (AvgIpc) is 2.62. The van der Waals surface area contributed by atoms with Crippen molar-refractivity contribution < 1.29 is 9.18 Å². The molecule has 0 unspecified atom stereocenters. The van der Waals surface area contributed by atoms with Gasteiger partial charge in [0.15, 0.2) is 5.78 Å². The minimum absolute atomic E-state index is 0.00357. The number of carbonyl (C=O) groups excluding carboxylic acids is 1. The molecule has 3 aromatic carbocycles. The fourth-order valence-corrected chi connectivity index (χ4v) is 2.95. The average molecular weight is 368 g/mol. The molecule has 0 aliphatic rings. The van der Waals surface area contributed by atoms with Gasteiger partial charge in [0.25, 0.3) is 0 Å². The van der Waals surface area contributed by atoms with Gasteiger partial charge in [0.1, 0.15) is 5.82 Å². The summed E-state index contributed by atoms with van der Waals surface area (Å²) in [4.78, 5) is 12.7. The molecule has 4 heteroatoms. The van der Waals surface area contributed by atoms with Crippen LogP contribution >= 0.6 is 11.6 Å².